The van der Waals surface area contributed by atoms with E-state index in [-0.39, 0.29) is 6.42 Å². The Morgan fingerprint density at radius 1 is 0.870 bits per heavy atom. The molecule has 1 N–H and O–H groups in total. The molecule has 0 bridgehead atoms. The minimum absolute atomic E-state index is 0.150. The molecule has 116 valence electrons. The first-order valence-corrected chi connectivity index (χ1v) is 7.62. The number of ether oxygens (including phenoxy) is 1. The van der Waals surface area contributed by atoms with Crippen molar-refractivity contribution in [2.24, 2.45) is 0 Å². The molecule has 3 aromatic carbocycles. The molecule has 0 fully saturated rings. The summed E-state index contributed by atoms with van der Waals surface area (Å²) >= 11 is 0. The van der Waals surface area contributed by atoms with Crippen molar-refractivity contribution in [2.45, 2.75) is 19.4 Å². The van der Waals surface area contributed by atoms with Gasteiger partial charge >= 0.3 is 5.97 Å². The predicted molar refractivity (Wildman–Crippen MR) is 90.7 cm³/mol. The van der Waals surface area contributed by atoms with Crippen LogP contribution in [0.3, 0.4) is 0 Å². The van der Waals surface area contributed by atoms with Gasteiger partial charge in [0.2, 0.25) is 0 Å². The quantitative estimate of drug-likeness (QED) is 0.732. The van der Waals surface area contributed by atoms with Gasteiger partial charge in [-0.15, -0.1) is 0 Å². The van der Waals surface area contributed by atoms with Crippen LogP contribution < -0.4 is 4.74 Å². The highest BCUT2D eigenvalue weighted by Gasteiger charge is 2.01. The molecule has 0 amide bonds. The first-order chi connectivity index (χ1) is 11.2. The first-order valence-electron chi connectivity index (χ1n) is 7.62. The molecular weight excluding hydrogens is 288 g/mol. The van der Waals surface area contributed by atoms with Gasteiger partial charge in [-0.1, -0.05) is 48.5 Å². The number of carboxylic acid groups (broad SMARTS) is 1. The molecule has 0 spiro atoms. The van der Waals surface area contributed by atoms with Gasteiger partial charge in [0.25, 0.3) is 0 Å². The van der Waals surface area contributed by atoms with Crippen LogP contribution in [0.5, 0.6) is 5.75 Å². The summed E-state index contributed by atoms with van der Waals surface area (Å²) in [6.07, 6.45) is 0.692. The summed E-state index contributed by atoms with van der Waals surface area (Å²) in [6, 6.07) is 22.2. The molecular formula is C20H18O3. The molecule has 3 heteroatoms. The van der Waals surface area contributed by atoms with Crippen molar-refractivity contribution in [1.82, 2.24) is 0 Å². The van der Waals surface area contributed by atoms with E-state index >= 15 is 0 Å². The fourth-order valence-electron chi connectivity index (χ4n) is 2.50. The molecule has 0 atom stereocenters. The molecule has 23 heavy (non-hydrogen) atoms. The fourth-order valence-corrected chi connectivity index (χ4v) is 2.50. The second-order valence-corrected chi connectivity index (χ2v) is 5.51. The highest BCUT2D eigenvalue weighted by atomic mass is 16.5. The normalized spacial score (nSPS) is 10.6. The summed E-state index contributed by atoms with van der Waals surface area (Å²) in [5.41, 5.74) is 2.13. The fraction of sp³-hybridized carbons (Fsp3) is 0.150. The number of aryl methyl sites for hydroxylation is 1. The molecule has 3 rings (SSSR count). The van der Waals surface area contributed by atoms with Crippen LogP contribution in [0, 0.1) is 0 Å². The third-order valence-corrected chi connectivity index (χ3v) is 3.77. The van der Waals surface area contributed by atoms with Crippen molar-refractivity contribution < 1.29 is 14.6 Å². The van der Waals surface area contributed by atoms with Gasteiger partial charge in [-0.2, -0.15) is 0 Å². The Hall–Kier alpha value is -2.81. The molecule has 0 radical (unpaired) electrons. The standard InChI is InChI=1S/C20H18O3/c21-20(22)12-8-15-6-10-19(11-7-15)23-14-16-5-9-17-3-1-2-4-18(17)13-16/h1-7,9-11,13H,8,12,14H2,(H,21,22). The molecule has 0 aliphatic carbocycles. The van der Waals surface area contributed by atoms with Crippen LogP contribution in [-0.2, 0) is 17.8 Å². The van der Waals surface area contributed by atoms with Crippen molar-refractivity contribution in [1.29, 1.82) is 0 Å². The van der Waals surface area contributed by atoms with Gasteiger partial charge < -0.3 is 9.84 Å². The second kappa shape index (κ2) is 6.97. The van der Waals surface area contributed by atoms with Gasteiger partial charge in [0.1, 0.15) is 12.4 Å². The van der Waals surface area contributed by atoms with Gasteiger partial charge in [0.05, 0.1) is 0 Å². The van der Waals surface area contributed by atoms with Crippen LogP contribution in [0.4, 0.5) is 0 Å². The molecule has 0 aromatic heterocycles. The van der Waals surface area contributed by atoms with E-state index in [1.165, 1.54) is 10.8 Å². The van der Waals surface area contributed by atoms with Crippen LogP contribution in [0.2, 0.25) is 0 Å². The van der Waals surface area contributed by atoms with E-state index < -0.39 is 5.97 Å². The molecule has 0 saturated carbocycles. The number of rotatable bonds is 6. The van der Waals surface area contributed by atoms with Gasteiger partial charge in [-0.3, -0.25) is 4.79 Å². The summed E-state index contributed by atoms with van der Waals surface area (Å²) in [4.78, 5) is 10.6. The molecule has 3 nitrogen and oxygen atoms in total. The number of carbonyl (C=O) groups is 1. The molecule has 3 aromatic rings. The predicted octanol–water partition coefficient (Wildman–Crippen LogP) is 4.44. The lowest BCUT2D eigenvalue weighted by Gasteiger charge is -2.08. The van der Waals surface area contributed by atoms with Gasteiger partial charge in [-0.25, -0.2) is 0 Å². The third-order valence-electron chi connectivity index (χ3n) is 3.77. The summed E-state index contributed by atoms with van der Waals surface area (Å²) in [5.74, 6) is 0.0128. The van der Waals surface area contributed by atoms with Crippen molar-refractivity contribution in [3.8, 4) is 5.75 Å². The van der Waals surface area contributed by atoms with Crippen LogP contribution in [0.15, 0.2) is 66.7 Å². The smallest absolute Gasteiger partial charge is 0.303 e. The van der Waals surface area contributed by atoms with E-state index in [0.29, 0.717) is 13.0 Å². The van der Waals surface area contributed by atoms with Gasteiger partial charge in [-0.05, 0) is 46.5 Å². The topological polar surface area (TPSA) is 46.5 Å². The van der Waals surface area contributed by atoms with Crippen molar-refractivity contribution in [3.63, 3.8) is 0 Å². The summed E-state index contributed by atoms with van der Waals surface area (Å²) in [7, 11) is 0. The Labute approximate surface area is 135 Å². The minimum Gasteiger partial charge on any atom is -0.489 e. The average Bonchev–Trinajstić information content (AvgIpc) is 2.59. The molecule has 0 aliphatic rings. The van der Waals surface area contributed by atoms with Gasteiger partial charge in [0, 0.05) is 6.42 Å². The Kier molecular flexibility index (Phi) is 4.57. The van der Waals surface area contributed by atoms with Crippen molar-refractivity contribution >= 4 is 16.7 Å². The molecule has 0 unspecified atom stereocenters. The summed E-state index contributed by atoms with van der Waals surface area (Å²) in [6.45, 7) is 0.513. The van der Waals surface area contributed by atoms with E-state index in [9.17, 15) is 4.79 Å². The third kappa shape index (κ3) is 4.10. The maximum absolute atomic E-state index is 10.6. The lowest BCUT2D eigenvalue weighted by molar-refractivity contribution is -0.136. The molecule has 0 heterocycles. The highest BCUT2D eigenvalue weighted by Crippen LogP contribution is 2.18. The maximum Gasteiger partial charge on any atom is 0.303 e. The lowest BCUT2D eigenvalue weighted by atomic mass is 10.1. The number of aliphatic carboxylic acids is 1. The van der Waals surface area contributed by atoms with Crippen molar-refractivity contribution in [3.05, 3.63) is 77.9 Å². The average molecular weight is 306 g/mol. The minimum atomic E-state index is -0.776. The zero-order chi connectivity index (χ0) is 16.1. The van der Waals surface area contributed by atoms with Crippen molar-refractivity contribution in [2.75, 3.05) is 0 Å². The van der Waals surface area contributed by atoms with Crippen LogP contribution in [0.25, 0.3) is 10.8 Å². The number of benzene rings is 3. The van der Waals surface area contributed by atoms with E-state index in [0.717, 1.165) is 16.9 Å². The summed E-state index contributed by atoms with van der Waals surface area (Å²) in [5, 5.41) is 11.1. The zero-order valence-corrected chi connectivity index (χ0v) is 12.7. The van der Waals surface area contributed by atoms with Crippen LogP contribution in [-0.4, -0.2) is 11.1 Å². The monoisotopic (exact) mass is 306 g/mol. The Bertz CT molecular complexity index is 806. The lowest BCUT2D eigenvalue weighted by Crippen LogP contribution is -1.98. The number of hydrogen-bond donors (Lipinski definition) is 1. The largest absolute Gasteiger partial charge is 0.489 e. The SMILES string of the molecule is O=C(O)CCc1ccc(OCc2ccc3ccccc3c2)cc1. The second-order valence-electron chi connectivity index (χ2n) is 5.51. The summed E-state index contributed by atoms with van der Waals surface area (Å²) < 4.78 is 5.81. The highest BCUT2D eigenvalue weighted by molar-refractivity contribution is 5.82. The van der Waals surface area contributed by atoms with E-state index in [2.05, 4.69) is 30.3 Å². The molecule has 0 saturated heterocycles. The van der Waals surface area contributed by atoms with E-state index in [1.54, 1.807) is 0 Å². The maximum atomic E-state index is 10.6. The number of carboxylic acids is 1. The Balaban J connectivity index is 1.61. The van der Waals surface area contributed by atoms with Gasteiger partial charge in [0.15, 0.2) is 0 Å². The Morgan fingerprint density at radius 2 is 1.57 bits per heavy atom. The Morgan fingerprint density at radius 3 is 2.30 bits per heavy atom. The molecule has 0 aliphatic heterocycles. The van der Waals surface area contributed by atoms with Crippen LogP contribution in [0.1, 0.15) is 17.5 Å². The number of fused-ring (bicyclic) bond motifs is 1. The van der Waals surface area contributed by atoms with E-state index in [4.69, 9.17) is 9.84 Å². The van der Waals surface area contributed by atoms with E-state index in [1.807, 2.05) is 36.4 Å². The van der Waals surface area contributed by atoms with Crippen LogP contribution >= 0.6 is 0 Å². The number of hydrogen-bond acceptors (Lipinski definition) is 2. The first kappa shape index (κ1) is 15.1. The zero-order valence-electron chi connectivity index (χ0n) is 12.7.